The van der Waals surface area contributed by atoms with E-state index in [2.05, 4.69) is 20.8 Å². The molecule has 0 saturated carbocycles. The lowest BCUT2D eigenvalue weighted by Gasteiger charge is -2.15. The van der Waals surface area contributed by atoms with Gasteiger partial charge in [-0.2, -0.15) is 0 Å². The van der Waals surface area contributed by atoms with Gasteiger partial charge in [0.15, 0.2) is 11.6 Å². The summed E-state index contributed by atoms with van der Waals surface area (Å²) in [6.07, 6.45) is 1.85. The number of allylic oxidation sites excluding steroid dienone is 3. The lowest BCUT2D eigenvalue weighted by molar-refractivity contribution is -0.275. The highest BCUT2D eigenvalue weighted by Gasteiger charge is 2.32. The molecule has 0 saturated heterocycles. The zero-order valence-corrected chi connectivity index (χ0v) is 12.7. The van der Waals surface area contributed by atoms with Gasteiger partial charge in [-0.25, -0.2) is 4.39 Å². The summed E-state index contributed by atoms with van der Waals surface area (Å²) in [5.41, 5.74) is 3.32. The van der Waals surface area contributed by atoms with Gasteiger partial charge in [0.25, 0.3) is 5.91 Å². The fourth-order valence-electron chi connectivity index (χ4n) is 1.93. The van der Waals surface area contributed by atoms with Gasteiger partial charge in [-0.3, -0.25) is 10.6 Å². The number of nitrogens with one attached hydrogen (secondary N) is 3. The van der Waals surface area contributed by atoms with Crippen molar-refractivity contribution in [3.05, 3.63) is 65.4 Å². The summed E-state index contributed by atoms with van der Waals surface area (Å²) >= 11 is 0. The topological polar surface area (TPSA) is 88.4 Å². The quantitative estimate of drug-likeness (QED) is 0.366. The van der Waals surface area contributed by atoms with Crippen molar-refractivity contribution in [3.63, 3.8) is 0 Å². The van der Waals surface area contributed by atoms with Crippen LogP contribution in [-0.4, -0.2) is 18.8 Å². The van der Waals surface area contributed by atoms with E-state index < -0.39 is 23.8 Å². The Morgan fingerprint density at radius 3 is 2.60 bits per heavy atom. The summed E-state index contributed by atoms with van der Waals surface area (Å²) in [7, 11) is 0. The number of ether oxygens (including phenoxy) is 1. The first-order valence-corrected chi connectivity index (χ1v) is 6.93. The maximum Gasteiger partial charge on any atom is 0.573 e. The van der Waals surface area contributed by atoms with Gasteiger partial charge in [-0.05, 0) is 30.4 Å². The normalized spacial score (nSPS) is 15.4. The van der Waals surface area contributed by atoms with Crippen LogP contribution >= 0.6 is 0 Å². The first-order chi connectivity index (χ1) is 11.8. The molecule has 0 aliphatic carbocycles. The minimum atomic E-state index is -5.02. The second-order valence-corrected chi connectivity index (χ2v) is 4.77. The number of carbonyl (C=O) groups excluding carboxylic acids is 1. The molecule has 10 heteroatoms. The van der Waals surface area contributed by atoms with E-state index in [4.69, 9.17) is 5.84 Å². The number of amides is 1. The van der Waals surface area contributed by atoms with E-state index in [1.807, 2.05) is 0 Å². The van der Waals surface area contributed by atoms with Crippen molar-refractivity contribution >= 4 is 5.91 Å². The standard InChI is InChI=1S/C15H14F4N4O2/c16-10-7-9(4-5-13(10)25-15(17,18)19)14(24)22-8-12(23-20)11-3-1-2-6-21-11/h1-7,21,23H,8,20H2,(H,22,24)/b12-11-. The molecular weight excluding hydrogens is 344 g/mol. The number of hydrogen-bond acceptors (Lipinski definition) is 5. The first-order valence-electron chi connectivity index (χ1n) is 6.93. The predicted octanol–water partition coefficient (Wildman–Crippen LogP) is 1.80. The SMILES string of the molecule is NN/C(CNC(=O)c1ccc(OC(F)(F)F)c(F)c1)=C1/C=CC=CN1. The van der Waals surface area contributed by atoms with E-state index in [1.165, 1.54) is 0 Å². The van der Waals surface area contributed by atoms with Crippen LogP contribution in [0.25, 0.3) is 0 Å². The molecule has 0 aromatic heterocycles. The molecule has 1 aliphatic rings. The van der Waals surface area contributed by atoms with Crippen LogP contribution in [0.4, 0.5) is 17.6 Å². The van der Waals surface area contributed by atoms with Crippen LogP contribution in [-0.2, 0) is 0 Å². The fraction of sp³-hybridized carbons (Fsp3) is 0.133. The van der Waals surface area contributed by atoms with Gasteiger partial charge < -0.3 is 20.8 Å². The summed E-state index contributed by atoms with van der Waals surface area (Å²) in [6, 6.07) is 2.40. The van der Waals surface area contributed by atoms with Crippen LogP contribution in [0.3, 0.4) is 0 Å². The maximum atomic E-state index is 13.6. The fourth-order valence-corrected chi connectivity index (χ4v) is 1.93. The molecule has 1 aromatic rings. The Kier molecular flexibility index (Phi) is 5.65. The highest BCUT2D eigenvalue weighted by molar-refractivity contribution is 5.94. The van der Waals surface area contributed by atoms with E-state index in [-0.39, 0.29) is 12.1 Å². The number of carbonyl (C=O) groups is 1. The maximum absolute atomic E-state index is 13.6. The molecule has 0 unspecified atom stereocenters. The van der Waals surface area contributed by atoms with Crippen LogP contribution in [0.5, 0.6) is 5.75 Å². The summed E-state index contributed by atoms with van der Waals surface area (Å²) in [6.45, 7) is -0.0156. The van der Waals surface area contributed by atoms with E-state index in [9.17, 15) is 22.4 Å². The molecule has 2 rings (SSSR count). The summed E-state index contributed by atoms with van der Waals surface area (Å²) in [4.78, 5) is 12.0. The van der Waals surface area contributed by atoms with Crippen molar-refractivity contribution in [2.75, 3.05) is 6.54 Å². The molecule has 0 spiro atoms. The number of rotatable bonds is 5. The van der Waals surface area contributed by atoms with Crippen molar-refractivity contribution in [1.29, 1.82) is 0 Å². The largest absolute Gasteiger partial charge is 0.573 e. The predicted molar refractivity (Wildman–Crippen MR) is 81.2 cm³/mol. The van der Waals surface area contributed by atoms with Crippen molar-refractivity contribution in [1.82, 2.24) is 16.1 Å². The van der Waals surface area contributed by atoms with E-state index >= 15 is 0 Å². The smallest absolute Gasteiger partial charge is 0.403 e. The van der Waals surface area contributed by atoms with Crippen LogP contribution in [0.15, 0.2) is 54.0 Å². The van der Waals surface area contributed by atoms with Crippen molar-refractivity contribution < 1.29 is 27.1 Å². The van der Waals surface area contributed by atoms with Crippen LogP contribution < -0.4 is 26.6 Å². The second-order valence-electron chi connectivity index (χ2n) is 4.77. The lowest BCUT2D eigenvalue weighted by Crippen LogP contribution is -2.35. The highest BCUT2D eigenvalue weighted by atomic mass is 19.4. The van der Waals surface area contributed by atoms with Gasteiger partial charge in [-0.1, -0.05) is 6.08 Å². The van der Waals surface area contributed by atoms with Crippen LogP contribution in [0.1, 0.15) is 10.4 Å². The molecular formula is C15H14F4N4O2. The number of hydrazine groups is 1. The third kappa shape index (κ3) is 5.24. The number of halogens is 4. The molecule has 25 heavy (non-hydrogen) atoms. The third-order valence-corrected chi connectivity index (χ3v) is 3.05. The molecule has 0 radical (unpaired) electrons. The van der Waals surface area contributed by atoms with Gasteiger partial charge in [0.2, 0.25) is 0 Å². The third-order valence-electron chi connectivity index (χ3n) is 3.05. The Bertz CT molecular complexity index is 742. The van der Waals surface area contributed by atoms with E-state index in [0.29, 0.717) is 17.5 Å². The molecule has 0 bridgehead atoms. The number of hydrogen-bond donors (Lipinski definition) is 4. The molecule has 1 aromatic carbocycles. The number of benzene rings is 1. The van der Waals surface area contributed by atoms with Gasteiger partial charge in [0, 0.05) is 11.8 Å². The van der Waals surface area contributed by atoms with Crippen LogP contribution in [0, 0.1) is 5.82 Å². The van der Waals surface area contributed by atoms with Crippen molar-refractivity contribution in [3.8, 4) is 5.75 Å². The Morgan fingerprint density at radius 1 is 1.28 bits per heavy atom. The lowest BCUT2D eigenvalue weighted by atomic mass is 10.2. The minimum Gasteiger partial charge on any atom is -0.403 e. The summed E-state index contributed by atoms with van der Waals surface area (Å²) < 4.78 is 53.4. The molecule has 134 valence electrons. The van der Waals surface area contributed by atoms with E-state index in [1.54, 1.807) is 24.4 Å². The minimum absolute atomic E-state index is 0.0156. The molecule has 1 amide bonds. The number of alkyl halides is 3. The van der Waals surface area contributed by atoms with Gasteiger partial charge in [0.1, 0.15) is 0 Å². The van der Waals surface area contributed by atoms with Gasteiger partial charge in [-0.15, -0.1) is 13.2 Å². The molecule has 6 nitrogen and oxygen atoms in total. The summed E-state index contributed by atoms with van der Waals surface area (Å²) in [5, 5.41) is 5.38. The zero-order chi connectivity index (χ0) is 18.4. The molecule has 0 fully saturated rings. The summed E-state index contributed by atoms with van der Waals surface area (Å²) in [5.74, 6) is 2.38. The Labute approximate surface area is 140 Å². The number of nitrogens with two attached hydrogens (primary N) is 1. The van der Waals surface area contributed by atoms with Crippen molar-refractivity contribution in [2.45, 2.75) is 6.36 Å². The Morgan fingerprint density at radius 2 is 2.04 bits per heavy atom. The molecule has 1 aliphatic heterocycles. The van der Waals surface area contributed by atoms with Gasteiger partial charge in [0.05, 0.1) is 17.9 Å². The first kappa shape index (κ1) is 18.3. The zero-order valence-electron chi connectivity index (χ0n) is 12.7. The second kappa shape index (κ2) is 7.71. The molecule has 5 N–H and O–H groups in total. The average Bonchev–Trinajstić information content (AvgIpc) is 2.57. The van der Waals surface area contributed by atoms with Crippen molar-refractivity contribution in [2.24, 2.45) is 5.84 Å². The Balaban J connectivity index is 2.04. The highest BCUT2D eigenvalue weighted by Crippen LogP contribution is 2.26. The van der Waals surface area contributed by atoms with Gasteiger partial charge >= 0.3 is 6.36 Å². The molecule has 0 atom stereocenters. The molecule has 1 heterocycles. The van der Waals surface area contributed by atoms with E-state index in [0.717, 1.165) is 12.1 Å². The van der Waals surface area contributed by atoms with Crippen LogP contribution in [0.2, 0.25) is 0 Å². The average molecular weight is 358 g/mol. The monoisotopic (exact) mass is 358 g/mol. The number of dihydropyridines is 1. The Hall–Kier alpha value is -3.01.